The molecule has 0 aliphatic carbocycles. The van der Waals surface area contributed by atoms with Crippen molar-refractivity contribution in [1.29, 1.82) is 0 Å². The third-order valence-electron chi connectivity index (χ3n) is 3.80. The summed E-state index contributed by atoms with van der Waals surface area (Å²) in [7, 11) is 0. The van der Waals surface area contributed by atoms with Gasteiger partial charge in [0.25, 0.3) is 5.91 Å². The maximum absolute atomic E-state index is 12.7. The van der Waals surface area contributed by atoms with Crippen LogP contribution < -0.4 is 10.6 Å². The van der Waals surface area contributed by atoms with Crippen LogP contribution in [0.5, 0.6) is 0 Å². The molecule has 2 aromatic carbocycles. The minimum atomic E-state index is -0.133. The van der Waals surface area contributed by atoms with Crippen molar-refractivity contribution >= 4 is 40.2 Å². The van der Waals surface area contributed by atoms with Crippen molar-refractivity contribution in [3.63, 3.8) is 0 Å². The molecule has 128 valence electrons. The molecular formula is C19H18ClN3OS. The minimum Gasteiger partial charge on any atom is -0.379 e. The second-order valence-electron chi connectivity index (χ2n) is 5.44. The summed E-state index contributed by atoms with van der Waals surface area (Å²) < 4.78 is 0.513. The highest BCUT2D eigenvalue weighted by molar-refractivity contribution is 7.15. The minimum absolute atomic E-state index is 0.133. The van der Waals surface area contributed by atoms with E-state index in [1.807, 2.05) is 48.5 Å². The monoisotopic (exact) mass is 371 g/mol. The van der Waals surface area contributed by atoms with Crippen LogP contribution >= 0.6 is 22.9 Å². The highest BCUT2D eigenvalue weighted by atomic mass is 35.5. The Labute approximate surface area is 155 Å². The zero-order chi connectivity index (χ0) is 17.6. The van der Waals surface area contributed by atoms with E-state index in [1.54, 1.807) is 6.20 Å². The summed E-state index contributed by atoms with van der Waals surface area (Å²) >= 11 is 7.28. The molecule has 3 rings (SSSR count). The van der Waals surface area contributed by atoms with Crippen molar-refractivity contribution in [2.45, 2.75) is 19.9 Å². The number of para-hydroxylation sites is 2. The number of aryl methyl sites for hydroxylation is 1. The average molecular weight is 372 g/mol. The van der Waals surface area contributed by atoms with Crippen molar-refractivity contribution in [3.05, 3.63) is 75.2 Å². The van der Waals surface area contributed by atoms with Crippen molar-refractivity contribution in [2.24, 2.45) is 0 Å². The Morgan fingerprint density at radius 2 is 1.84 bits per heavy atom. The van der Waals surface area contributed by atoms with Gasteiger partial charge in [0.2, 0.25) is 0 Å². The van der Waals surface area contributed by atoms with E-state index in [1.165, 1.54) is 11.3 Å². The number of benzene rings is 2. The smallest absolute Gasteiger partial charge is 0.257 e. The maximum atomic E-state index is 12.7. The number of carbonyl (C=O) groups excluding carboxylic acids is 1. The average Bonchev–Trinajstić information content (AvgIpc) is 3.06. The Morgan fingerprint density at radius 3 is 2.56 bits per heavy atom. The zero-order valence-electron chi connectivity index (χ0n) is 13.8. The van der Waals surface area contributed by atoms with Crippen molar-refractivity contribution in [1.82, 2.24) is 4.98 Å². The van der Waals surface area contributed by atoms with Crippen molar-refractivity contribution < 1.29 is 4.79 Å². The number of amides is 1. The quantitative estimate of drug-likeness (QED) is 0.624. The highest BCUT2D eigenvalue weighted by Gasteiger charge is 2.12. The number of hydrogen-bond donors (Lipinski definition) is 2. The number of thiazole rings is 1. The molecule has 0 saturated heterocycles. The lowest BCUT2D eigenvalue weighted by molar-refractivity contribution is 0.102. The van der Waals surface area contributed by atoms with E-state index in [0.717, 1.165) is 28.2 Å². The summed E-state index contributed by atoms with van der Waals surface area (Å²) in [5.41, 5.74) is 3.34. The summed E-state index contributed by atoms with van der Waals surface area (Å²) in [6.45, 7) is 2.64. The third-order valence-corrected chi connectivity index (χ3v) is 4.91. The van der Waals surface area contributed by atoms with Crippen LogP contribution in [0.2, 0.25) is 4.47 Å². The molecule has 0 aliphatic rings. The number of rotatable bonds is 6. The lowest BCUT2D eigenvalue weighted by atomic mass is 10.1. The van der Waals surface area contributed by atoms with Gasteiger partial charge in [-0.25, -0.2) is 4.98 Å². The lowest BCUT2D eigenvalue weighted by Gasteiger charge is -2.13. The molecular weight excluding hydrogens is 354 g/mol. The highest BCUT2D eigenvalue weighted by Crippen LogP contribution is 2.22. The molecule has 0 fully saturated rings. The van der Waals surface area contributed by atoms with E-state index in [2.05, 4.69) is 22.5 Å². The van der Waals surface area contributed by atoms with E-state index in [9.17, 15) is 4.79 Å². The van der Waals surface area contributed by atoms with Crippen LogP contribution in [-0.4, -0.2) is 10.9 Å². The van der Waals surface area contributed by atoms with Gasteiger partial charge in [0.1, 0.15) is 0 Å². The number of aromatic nitrogens is 1. The second-order valence-corrected chi connectivity index (χ2v) is 7.14. The van der Waals surface area contributed by atoms with Gasteiger partial charge in [-0.05, 0) is 30.2 Å². The van der Waals surface area contributed by atoms with Crippen LogP contribution in [0.25, 0.3) is 0 Å². The molecule has 25 heavy (non-hydrogen) atoms. The van der Waals surface area contributed by atoms with Gasteiger partial charge < -0.3 is 10.6 Å². The number of hydrogen-bond acceptors (Lipinski definition) is 4. The number of nitrogens with zero attached hydrogens (tertiary/aromatic N) is 1. The van der Waals surface area contributed by atoms with Crippen LogP contribution in [-0.2, 0) is 13.0 Å². The molecule has 6 heteroatoms. The summed E-state index contributed by atoms with van der Waals surface area (Å²) in [4.78, 5) is 17.8. The molecule has 4 nitrogen and oxygen atoms in total. The number of anilines is 2. The van der Waals surface area contributed by atoms with Gasteiger partial charge >= 0.3 is 0 Å². The number of carbonyl (C=O) groups is 1. The topological polar surface area (TPSA) is 54.0 Å². The fourth-order valence-electron chi connectivity index (χ4n) is 2.52. The van der Waals surface area contributed by atoms with E-state index in [0.29, 0.717) is 16.6 Å². The third kappa shape index (κ3) is 4.38. The van der Waals surface area contributed by atoms with E-state index >= 15 is 0 Å². The van der Waals surface area contributed by atoms with Crippen LogP contribution in [0, 0.1) is 0 Å². The molecule has 2 N–H and O–H groups in total. The number of halogens is 1. The van der Waals surface area contributed by atoms with Crippen molar-refractivity contribution in [3.8, 4) is 0 Å². The molecule has 0 spiro atoms. The first kappa shape index (κ1) is 17.5. The second kappa shape index (κ2) is 8.14. The van der Waals surface area contributed by atoms with Gasteiger partial charge in [-0.1, -0.05) is 48.9 Å². The Balaban J connectivity index is 1.76. The predicted molar refractivity (Wildman–Crippen MR) is 105 cm³/mol. The molecule has 1 heterocycles. The number of nitrogens with one attached hydrogen (secondary N) is 2. The maximum Gasteiger partial charge on any atom is 0.257 e. The Morgan fingerprint density at radius 1 is 1.12 bits per heavy atom. The Kier molecular flexibility index (Phi) is 5.68. The van der Waals surface area contributed by atoms with Crippen LogP contribution in [0.1, 0.15) is 27.7 Å². The van der Waals surface area contributed by atoms with Gasteiger partial charge in [-0.3, -0.25) is 4.79 Å². The molecule has 0 aliphatic heterocycles. The normalized spacial score (nSPS) is 10.5. The fourth-order valence-corrected chi connectivity index (χ4v) is 3.44. The first-order valence-electron chi connectivity index (χ1n) is 7.99. The zero-order valence-corrected chi connectivity index (χ0v) is 15.3. The standard InChI is InChI=1S/C19H18ClN3OS/c1-2-13-7-3-5-9-16(13)23-18(24)15-8-4-6-10-17(15)21-11-14-12-22-19(20)25-14/h3-10,12,21H,2,11H2,1H3,(H,23,24). The van der Waals surface area contributed by atoms with Gasteiger partial charge in [-0.2, -0.15) is 0 Å². The first-order chi connectivity index (χ1) is 12.2. The largest absolute Gasteiger partial charge is 0.379 e. The lowest BCUT2D eigenvalue weighted by Crippen LogP contribution is -2.15. The van der Waals surface area contributed by atoms with E-state index in [4.69, 9.17) is 11.6 Å². The predicted octanol–water partition coefficient (Wildman–Crippen LogP) is 5.22. The summed E-state index contributed by atoms with van der Waals surface area (Å²) in [5.74, 6) is -0.133. The fraction of sp³-hybridized carbons (Fsp3) is 0.158. The molecule has 0 bridgehead atoms. The molecule has 3 aromatic rings. The summed E-state index contributed by atoms with van der Waals surface area (Å²) in [6, 6.07) is 15.3. The van der Waals surface area contributed by atoms with E-state index < -0.39 is 0 Å². The van der Waals surface area contributed by atoms with Gasteiger partial charge in [0.05, 0.1) is 12.1 Å². The van der Waals surface area contributed by atoms with Crippen LogP contribution in [0.4, 0.5) is 11.4 Å². The van der Waals surface area contributed by atoms with Crippen LogP contribution in [0.3, 0.4) is 0 Å². The van der Waals surface area contributed by atoms with E-state index in [-0.39, 0.29) is 5.91 Å². The Bertz CT molecular complexity index is 878. The SMILES string of the molecule is CCc1ccccc1NC(=O)c1ccccc1NCc1cnc(Cl)s1. The molecule has 0 atom stereocenters. The van der Waals surface area contributed by atoms with Crippen LogP contribution in [0.15, 0.2) is 54.7 Å². The first-order valence-corrected chi connectivity index (χ1v) is 9.19. The van der Waals surface area contributed by atoms with Crippen molar-refractivity contribution in [2.75, 3.05) is 10.6 Å². The molecule has 0 radical (unpaired) electrons. The molecule has 0 unspecified atom stereocenters. The summed E-state index contributed by atoms with van der Waals surface area (Å²) in [6.07, 6.45) is 2.60. The van der Waals surface area contributed by atoms with Gasteiger partial charge in [-0.15, -0.1) is 11.3 Å². The summed E-state index contributed by atoms with van der Waals surface area (Å²) in [5, 5.41) is 6.30. The van der Waals surface area contributed by atoms with Gasteiger partial charge in [0, 0.05) is 22.4 Å². The molecule has 1 amide bonds. The molecule has 0 saturated carbocycles. The molecule has 1 aromatic heterocycles. The van der Waals surface area contributed by atoms with Gasteiger partial charge in [0.15, 0.2) is 4.47 Å². The Hall–Kier alpha value is -2.37.